The Morgan fingerprint density at radius 3 is 2.08 bits per heavy atom. The molecule has 2 aromatic carbocycles. The lowest BCUT2D eigenvalue weighted by Gasteiger charge is -2.17. The minimum atomic E-state index is -1.01. The van der Waals surface area contributed by atoms with Gasteiger partial charge < -0.3 is 15.4 Å². The third-order valence-corrected chi connectivity index (χ3v) is 4.70. The smallest absolute Gasteiger partial charge is 0.240 e. The molecule has 0 radical (unpaired) electrons. The molecule has 0 atom stereocenters. The van der Waals surface area contributed by atoms with Gasteiger partial charge >= 0.3 is 0 Å². The molecule has 1 aliphatic carbocycles. The first-order valence-electron chi connectivity index (χ1n) is 8.70. The highest BCUT2D eigenvalue weighted by atomic mass is 16.5. The van der Waals surface area contributed by atoms with Crippen molar-refractivity contribution in [3.05, 3.63) is 53.1 Å². The van der Waals surface area contributed by atoms with E-state index in [1.54, 1.807) is 13.2 Å². The zero-order valence-electron chi connectivity index (χ0n) is 15.6. The van der Waals surface area contributed by atoms with Crippen LogP contribution in [0.4, 0.5) is 11.4 Å². The highest BCUT2D eigenvalue weighted by Crippen LogP contribution is 2.48. The molecule has 0 unspecified atom stereocenters. The molecule has 1 fully saturated rings. The maximum absolute atomic E-state index is 12.8. The maximum Gasteiger partial charge on any atom is 0.240 e. The summed E-state index contributed by atoms with van der Waals surface area (Å²) in [6, 6.07) is 11.4. The van der Waals surface area contributed by atoms with Crippen LogP contribution in [0.25, 0.3) is 0 Å². The summed E-state index contributed by atoms with van der Waals surface area (Å²) in [5.74, 6) is 0.0318. The van der Waals surface area contributed by atoms with Gasteiger partial charge in [0, 0.05) is 5.69 Å². The number of ether oxygens (including phenoxy) is 1. The molecule has 136 valence electrons. The molecular formula is C21H24N2O3. The minimum Gasteiger partial charge on any atom is -0.495 e. The van der Waals surface area contributed by atoms with E-state index in [-0.39, 0.29) is 11.8 Å². The van der Waals surface area contributed by atoms with Gasteiger partial charge in [-0.3, -0.25) is 9.59 Å². The third kappa shape index (κ3) is 3.57. The van der Waals surface area contributed by atoms with Crippen molar-refractivity contribution in [2.24, 2.45) is 5.41 Å². The number of anilines is 2. The molecule has 0 aliphatic heterocycles. The Kier molecular flexibility index (Phi) is 4.72. The normalized spacial score (nSPS) is 14.5. The fraction of sp³-hybridized carbons (Fsp3) is 0.333. The molecule has 0 aromatic heterocycles. The first kappa shape index (κ1) is 18.0. The molecule has 2 amide bonds. The summed E-state index contributed by atoms with van der Waals surface area (Å²) in [5.41, 5.74) is 3.44. The van der Waals surface area contributed by atoms with Crippen molar-refractivity contribution in [1.29, 1.82) is 0 Å². The summed E-state index contributed by atoms with van der Waals surface area (Å²) in [7, 11) is 1.56. The number of nitrogens with one attached hydrogen (secondary N) is 2. The maximum atomic E-state index is 12.8. The second kappa shape index (κ2) is 6.83. The Morgan fingerprint density at radius 2 is 1.50 bits per heavy atom. The Balaban J connectivity index is 1.76. The first-order valence-corrected chi connectivity index (χ1v) is 8.70. The first-order chi connectivity index (χ1) is 12.3. The number of carbonyl (C=O) groups is 2. The van der Waals surface area contributed by atoms with Gasteiger partial charge in [-0.05, 0) is 74.6 Å². The molecule has 2 aromatic rings. The van der Waals surface area contributed by atoms with Crippen LogP contribution in [0.3, 0.4) is 0 Å². The summed E-state index contributed by atoms with van der Waals surface area (Å²) in [4.78, 5) is 25.6. The number of benzene rings is 2. The van der Waals surface area contributed by atoms with Crippen molar-refractivity contribution < 1.29 is 14.3 Å². The van der Waals surface area contributed by atoms with Gasteiger partial charge in [0.25, 0.3) is 0 Å². The van der Waals surface area contributed by atoms with Gasteiger partial charge in [-0.15, -0.1) is 0 Å². The van der Waals surface area contributed by atoms with Crippen LogP contribution in [0.15, 0.2) is 36.4 Å². The summed E-state index contributed by atoms with van der Waals surface area (Å²) in [6.45, 7) is 5.90. The Bertz CT molecular complexity index is 849. The zero-order valence-corrected chi connectivity index (χ0v) is 15.6. The van der Waals surface area contributed by atoms with Crippen LogP contribution in [-0.2, 0) is 9.59 Å². The van der Waals surface area contributed by atoms with Gasteiger partial charge in [0.1, 0.15) is 11.2 Å². The molecule has 0 saturated heterocycles. The number of rotatable bonds is 5. The van der Waals surface area contributed by atoms with Crippen LogP contribution in [0.1, 0.15) is 29.5 Å². The highest BCUT2D eigenvalue weighted by Gasteiger charge is 2.56. The van der Waals surface area contributed by atoms with Gasteiger partial charge in [0.05, 0.1) is 12.8 Å². The second-order valence-electron chi connectivity index (χ2n) is 7.07. The Hall–Kier alpha value is -2.82. The van der Waals surface area contributed by atoms with Gasteiger partial charge in [0.15, 0.2) is 0 Å². The van der Waals surface area contributed by atoms with E-state index >= 15 is 0 Å². The van der Waals surface area contributed by atoms with E-state index < -0.39 is 5.41 Å². The molecule has 5 nitrogen and oxygen atoms in total. The van der Waals surface area contributed by atoms with Gasteiger partial charge in [0.2, 0.25) is 11.8 Å². The molecule has 0 heterocycles. The highest BCUT2D eigenvalue weighted by molar-refractivity contribution is 6.17. The molecule has 0 spiro atoms. The predicted molar refractivity (Wildman–Crippen MR) is 103 cm³/mol. The van der Waals surface area contributed by atoms with E-state index in [1.165, 1.54) is 0 Å². The second-order valence-corrected chi connectivity index (χ2v) is 7.07. The summed E-state index contributed by atoms with van der Waals surface area (Å²) in [5, 5.41) is 5.77. The number of aryl methyl sites for hydroxylation is 3. The third-order valence-electron chi connectivity index (χ3n) is 4.70. The number of methoxy groups -OCH3 is 1. The fourth-order valence-corrected chi connectivity index (χ4v) is 3.14. The van der Waals surface area contributed by atoms with E-state index in [9.17, 15) is 9.59 Å². The molecule has 0 bridgehead atoms. The molecule has 1 saturated carbocycles. The summed E-state index contributed by atoms with van der Waals surface area (Å²) >= 11 is 0. The lowest BCUT2D eigenvalue weighted by atomic mass is 10.0. The van der Waals surface area contributed by atoms with Gasteiger partial charge in [-0.1, -0.05) is 12.1 Å². The molecule has 2 N–H and O–H groups in total. The monoisotopic (exact) mass is 352 g/mol. The van der Waals surface area contributed by atoms with Crippen molar-refractivity contribution in [2.75, 3.05) is 17.7 Å². The lowest BCUT2D eigenvalue weighted by Crippen LogP contribution is -2.35. The summed E-state index contributed by atoms with van der Waals surface area (Å²) < 4.78 is 5.30. The van der Waals surface area contributed by atoms with Crippen LogP contribution < -0.4 is 15.4 Å². The van der Waals surface area contributed by atoms with Crippen molar-refractivity contribution >= 4 is 23.2 Å². The Labute approximate surface area is 153 Å². The van der Waals surface area contributed by atoms with E-state index in [1.807, 2.05) is 51.1 Å². The average Bonchev–Trinajstić information content (AvgIpc) is 3.36. The number of hydrogen-bond acceptors (Lipinski definition) is 3. The van der Waals surface area contributed by atoms with Crippen molar-refractivity contribution in [2.45, 2.75) is 33.6 Å². The standard InChI is InChI=1S/C21H24N2O3/c1-13-5-6-18(26-4)17(12-13)23-20(25)21(7-8-21)19(24)22-16-10-14(2)9-15(3)11-16/h5-6,9-12H,7-8H2,1-4H3,(H,22,24)(H,23,25). The molecular weight excluding hydrogens is 328 g/mol. The van der Waals surface area contributed by atoms with Gasteiger partial charge in [-0.25, -0.2) is 0 Å². The SMILES string of the molecule is COc1ccc(C)cc1NC(=O)C1(C(=O)Nc2cc(C)cc(C)c2)CC1. The van der Waals surface area contributed by atoms with Crippen LogP contribution >= 0.6 is 0 Å². The van der Waals surface area contributed by atoms with E-state index in [0.717, 1.165) is 22.4 Å². The van der Waals surface area contributed by atoms with Crippen molar-refractivity contribution in [1.82, 2.24) is 0 Å². The molecule has 26 heavy (non-hydrogen) atoms. The average molecular weight is 352 g/mol. The van der Waals surface area contributed by atoms with Crippen molar-refractivity contribution in [3.8, 4) is 5.75 Å². The fourth-order valence-electron chi connectivity index (χ4n) is 3.14. The van der Waals surface area contributed by atoms with Crippen LogP contribution in [0, 0.1) is 26.2 Å². The number of carbonyl (C=O) groups excluding carboxylic acids is 2. The van der Waals surface area contributed by atoms with E-state index in [4.69, 9.17) is 4.74 Å². The molecule has 1 aliphatic rings. The lowest BCUT2D eigenvalue weighted by molar-refractivity contribution is -0.131. The van der Waals surface area contributed by atoms with E-state index in [2.05, 4.69) is 10.6 Å². The minimum absolute atomic E-state index is 0.258. The topological polar surface area (TPSA) is 67.4 Å². The number of amides is 2. The Morgan fingerprint density at radius 1 is 0.885 bits per heavy atom. The summed E-state index contributed by atoms with van der Waals surface area (Å²) in [6.07, 6.45) is 1.09. The molecule has 3 rings (SSSR count). The van der Waals surface area contributed by atoms with Crippen LogP contribution in [0.5, 0.6) is 5.75 Å². The zero-order chi connectivity index (χ0) is 18.9. The number of hydrogen-bond donors (Lipinski definition) is 2. The largest absolute Gasteiger partial charge is 0.495 e. The molecule has 5 heteroatoms. The quantitative estimate of drug-likeness (QED) is 0.800. The van der Waals surface area contributed by atoms with Crippen LogP contribution in [0.2, 0.25) is 0 Å². The van der Waals surface area contributed by atoms with E-state index in [0.29, 0.717) is 24.3 Å². The van der Waals surface area contributed by atoms with Crippen molar-refractivity contribution in [3.63, 3.8) is 0 Å². The van der Waals surface area contributed by atoms with Crippen LogP contribution in [-0.4, -0.2) is 18.9 Å². The predicted octanol–water partition coefficient (Wildman–Crippen LogP) is 3.98. The van der Waals surface area contributed by atoms with Gasteiger partial charge in [-0.2, -0.15) is 0 Å².